The van der Waals surface area contributed by atoms with E-state index >= 15 is 0 Å². The van der Waals surface area contributed by atoms with Gasteiger partial charge in [0.2, 0.25) is 10.0 Å². The zero-order valence-corrected chi connectivity index (χ0v) is 19.1. The molecule has 2 N–H and O–H groups in total. The van der Waals surface area contributed by atoms with E-state index in [0.29, 0.717) is 33.5 Å². The van der Waals surface area contributed by atoms with Gasteiger partial charge in [-0.15, -0.1) is 11.3 Å². The van der Waals surface area contributed by atoms with Crippen LogP contribution in [0.2, 0.25) is 0 Å². The Morgan fingerprint density at radius 2 is 1.84 bits per heavy atom. The summed E-state index contributed by atoms with van der Waals surface area (Å²) in [4.78, 5) is 9.07. The number of aryl methyl sites for hydroxylation is 1. The summed E-state index contributed by atoms with van der Waals surface area (Å²) in [5.74, 6) is 0.502. The quantitative estimate of drug-likeness (QED) is 0.372. The monoisotopic (exact) mass is 498 g/mol. The largest absolute Gasteiger partial charge is 0.416 e. The number of fused-ring (bicyclic) bond motifs is 1. The lowest BCUT2D eigenvalue weighted by molar-refractivity contribution is -0.137. The summed E-state index contributed by atoms with van der Waals surface area (Å²) in [7, 11) is -3.82. The van der Waals surface area contributed by atoms with E-state index in [0.717, 1.165) is 23.3 Å². The number of nitrogens with zero attached hydrogens (tertiary/aromatic N) is 3. The van der Waals surface area contributed by atoms with Crippen LogP contribution in [0.3, 0.4) is 0 Å². The Morgan fingerprint density at radius 1 is 1.12 bits per heavy atom. The van der Waals surface area contributed by atoms with E-state index in [1.54, 1.807) is 6.07 Å². The molecule has 0 bridgehead atoms. The van der Waals surface area contributed by atoms with Crippen LogP contribution >= 0.6 is 23.1 Å². The maximum absolute atomic E-state index is 12.7. The second-order valence-electron chi connectivity index (χ2n) is 6.84. The molecule has 4 rings (SSSR count). The van der Waals surface area contributed by atoms with Gasteiger partial charge in [-0.2, -0.15) is 13.2 Å². The molecule has 0 atom stereocenters. The standard InChI is InChI=1S/C20H17F3N4O2S3/c1-2-27-17-8-7-15(32(24,28)29)9-16(17)26-19(27)31-11-14-10-30-18(25-14)12-3-5-13(6-4-12)20(21,22)23/h3-10H,2,11H2,1H3,(H2,24,28,29). The number of thiazole rings is 1. The van der Waals surface area contributed by atoms with Crippen molar-refractivity contribution in [1.29, 1.82) is 0 Å². The molecule has 0 saturated carbocycles. The van der Waals surface area contributed by atoms with Crippen molar-refractivity contribution < 1.29 is 21.6 Å². The summed E-state index contributed by atoms with van der Waals surface area (Å²) >= 11 is 2.80. The number of sulfonamides is 1. The van der Waals surface area contributed by atoms with Gasteiger partial charge in [0.15, 0.2) is 5.16 Å². The van der Waals surface area contributed by atoms with E-state index in [4.69, 9.17) is 5.14 Å². The average molecular weight is 499 g/mol. The predicted molar refractivity (Wildman–Crippen MR) is 119 cm³/mol. The van der Waals surface area contributed by atoms with Crippen molar-refractivity contribution >= 4 is 44.2 Å². The van der Waals surface area contributed by atoms with Gasteiger partial charge in [0, 0.05) is 23.2 Å². The number of rotatable bonds is 6. The third kappa shape index (κ3) is 4.68. The van der Waals surface area contributed by atoms with Crippen LogP contribution in [0.1, 0.15) is 18.2 Å². The van der Waals surface area contributed by atoms with Gasteiger partial charge in [-0.05, 0) is 37.3 Å². The van der Waals surface area contributed by atoms with Gasteiger partial charge in [0.1, 0.15) is 5.01 Å². The van der Waals surface area contributed by atoms with E-state index in [1.165, 1.54) is 47.4 Å². The lowest BCUT2D eigenvalue weighted by atomic mass is 10.1. The Kier molecular flexibility index (Phi) is 6.05. The van der Waals surface area contributed by atoms with Gasteiger partial charge in [0.25, 0.3) is 0 Å². The Morgan fingerprint density at radius 3 is 2.47 bits per heavy atom. The first kappa shape index (κ1) is 22.8. The summed E-state index contributed by atoms with van der Waals surface area (Å²) in [5.41, 5.74) is 2.03. The number of hydrogen-bond donors (Lipinski definition) is 1. The number of halogens is 3. The van der Waals surface area contributed by atoms with E-state index in [1.807, 2.05) is 16.9 Å². The molecule has 0 aliphatic heterocycles. The van der Waals surface area contributed by atoms with Gasteiger partial charge in [0.05, 0.1) is 27.2 Å². The van der Waals surface area contributed by atoms with Crippen molar-refractivity contribution in [3.63, 3.8) is 0 Å². The molecule has 0 fully saturated rings. The minimum Gasteiger partial charge on any atom is -0.319 e. The molecule has 2 heterocycles. The smallest absolute Gasteiger partial charge is 0.319 e. The van der Waals surface area contributed by atoms with Gasteiger partial charge in [-0.3, -0.25) is 0 Å². The van der Waals surface area contributed by atoms with Crippen LogP contribution in [-0.2, 0) is 28.5 Å². The molecule has 6 nitrogen and oxygen atoms in total. The van der Waals surface area contributed by atoms with E-state index < -0.39 is 21.8 Å². The number of imidazole rings is 1. The Hall–Kier alpha value is -2.41. The molecule has 4 aromatic rings. The van der Waals surface area contributed by atoms with Crippen molar-refractivity contribution in [3.05, 3.63) is 59.1 Å². The van der Waals surface area contributed by atoms with Crippen molar-refractivity contribution in [2.45, 2.75) is 35.4 Å². The van der Waals surface area contributed by atoms with Crippen LogP contribution in [0, 0.1) is 0 Å². The fourth-order valence-corrected chi connectivity index (χ4v) is 5.56. The third-order valence-corrected chi connectivity index (χ3v) is 7.55. The predicted octanol–water partition coefficient (Wildman–Crippen LogP) is 5.14. The molecule has 32 heavy (non-hydrogen) atoms. The van der Waals surface area contributed by atoms with Gasteiger partial charge in [-0.1, -0.05) is 23.9 Å². The number of nitrogens with two attached hydrogens (primary N) is 1. The minimum atomic E-state index is -4.37. The maximum Gasteiger partial charge on any atom is 0.416 e. The molecular weight excluding hydrogens is 481 g/mol. The lowest BCUT2D eigenvalue weighted by Gasteiger charge is -2.06. The summed E-state index contributed by atoms with van der Waals surface area (Å²) in [6.07, 6.45) is -4.37. The summed E-state index contributed by atoms with van der Waals surface area (Å²) < 4.78 is 63.4. The fourth-order valence-electron chi connectivity index (χ4n) is 3.13. The Labute approximate surface area is 190 Å². The van der Waals surface area contributed by atoms with E-state index in [-0.39, 0.29) is 4.90 Å². The van der Waals surface area contributed by atoms with Crippen LogP contribution in [-0.4, -0.2) is 23.0 Å². The third-order valence-electron chi connectivity index (χ3n) is 4.69. The number of benzene rings is 2. The first-order valence-corrected chi connectivity index (χ1v) is 12.8. The highest BCUT2D eigenvalue weighted by Crippen LogP contribution is 2.33. The molecule has 168 valence electrons. The van der Waals surface area contributed by atoms with Gasteiger partial charge in [-0.25, -0.2) is 23.5 Å². The highest BCUT2D eigenvalue weighted by Gasteiger charge is 2.30. The second kappa shape index (κ2) is 8.50. The topological polar surface area (TPSA) is 90.9 Å². The van der Waals surface area contributed by atoms with Crippen LogP contribution < -0.4 is 5.14 Å². The number of hydrogen-bond acceptors (Lipinski definition) is 6. The van der Waals surface area contributed by atoms with Crippen molar-refractivity contribution in [3.8, 4) is 10.6 Å². The highest BCUT2D eigenvalue weighted by molar-refractivity contribution is 7.98. The summed E-state index contributed by atoms with van der Waals surface area (Å²) in [6, 6.07) is 9.51. The number of primary sulfonamides is 1. The van der Waals surface area contributed by atoms with Crippen molar-refractivity contribution in [1.82, 2.24) is 14.5 Å². The first-order chi connectivity index (χ1) is 15.1. The average Bonchev–Trinajstić information content (AvgIpc) is 3.34. The molecule has 0 radical (unpaired) electrons. The summed E-state index contributed by atoms with van der Waals surface area (Å²) in [6.45, 7) is 2.60. The summed E-state index contributed by atoms with van der Waals surface area (Å²) in [5, 5.41) is 8.41. The lowest BCUT2D eigenvalue weighted by Crippen LogP contribution is -2.11. The molecule has 0 spiro atoms. The zero-order chi connectivity index (χ0) is 23.1. The number of thioether (sulfide) groups is 1. The van der Waals surface area contributed by atoms with E-state index in [2.05, 4.69) is 9.97 Å². The van der Waals surface area contributed by atoms with Gasteiger partial charge >= 0.3 is 6.18 Å². The molecule has 2 aromatic carbocycles. The molecule has 2 aromatic heterocycles. The molecular formula is C20H17F3N4O2S3. The molecule has 0 unspecified atom stereocenters. The molecule has 12 heteroatoms. The highest BCUT2D eigenvalue weighted by atomic mass is 32.2. The Balaban J connectivity index is 1.53. The molecule has 0 aliphatic rings. The van der Waals surface area contributed by atoms with Crippen LogP contribution in [0.4, 0.5) is 13.2 Å². The Bertz CT molecular complexity index is 1380. The normalized spacial score (nSPS) is 12.5. The zero-order valence-electron chi connectivity index (χ0n) is 16.6. The van der Waals surface area contributed by atoms with Gasteiger partial charge < -0.3 is 4.57 Å². The first-order valence-electron chi connectivity index (χ1n) is 9.34. The molecule has 0 amide bonds. The van der Waals surface area contributed by atoms with E-state index in [9.17, 15) is 21.6 Å². The molecule has 0 aliphatic carbocycles. The SMILES string of the molecule is CCn1c(SCc2csc(-c3ccc(C(F)(F)F)cc3)n2)nc2cc(S(N)(=O)=O)ccc21. The van der Waals surface area contributed by atoms with Crippen molar-refractivity contribution in [2.24, 2.45) is 5.14 Å². The van der Waals surface area contributed by atoms with Crippen LogP contribution in [0.5, 0.6) is 0 Å². The maximum atomic E-state index is 12.7. The van der Waals surface area contributed by atoms with Crippen LogP contribution in [0.25, 0.3) is 21.6 Å². The number of alkyl halides is 3. The molecule has 0 saturated heterocycles. The minimum absolute atomic E-state index is 0.00277. The van der Waals surface area contributed by atoms with Crippen LogP contribution in [0.15, 0.2) is 57.9 Å². The van der Waals surface area contributed by atoms with Crippen molar-refractivity contribution in [2.75, 3.05) is 0 Å². The number of aromatic nitrogens is 3. The second-order valence-corrected chi connectivity index (χ2v) is 10.2. The fraction of sp³-hybridized carbons (Fsp3) is 0.200.